The predicted molar refractivity (Wildman–Crippen MR) is 88.7 cm³/mol. The molecule has 1 N–H and O–H groups in total. The van der Waals surface area contributed by atoms with E-state index in [1.807, 2.05) is 0 Å². The maximum Gasteiger partial charge on any atom is 0.263 e. The van der Waals surface area contributed by atoms with Gasteiger partial charge in [-0.15, -0.1) is 0 Å². The molecule has 1 heterocycles. The SMILES string of the molecule is C[C@@H](Oc1cccc(F)c1)C(=O)N1CCCC[C@@H]1CNS(C)(=O)=O. The second-order valence-electron chi connectivity index (χ2n) is 6.02. The lowest BCUT2D eigenvalue weighted by atomic mass is 10.0. The highest BCUT2D eigenvalue weighted by atomic mass is 32.2. The number of carbonyl (C=O) groups is 1. The summed E-state index contributed by atoms with van der Waals surface area (Å²) in [6, 6.07) is 5.44. The number of ether oxygens (including phenoxy) is 1. The standard InChI is InChI=1S/C16H23FN2O4S/c1-12(23-15-8-5-6-13(17)10-15)16(20)19-9-4-3-7-14(19)11-18-24(2,21)22/h5-6,8,10,12,14,18H,3-4,7,9,11H2,1-2H3/t12-,14-/m1/s1. The van der Waals surface area contributed by atoms with Gasteiger partial charge in [-0.05, 0) is 38.3 Å². The molecule has 1 aromatic rings. The Morgan fingerprint density at radius 2 is 2.21 bits per heavy atom. The van der Waals surface area contributed by atoms with Crippen molar-refractivity contribution in [3.8, 4) is 5.75 Å². The van der Waals surface area contributed by atoms with E-state index in [1.54, 1.807) is 17.9 Å². The van der Waals surface area contributed by atoms with Crippen molar-refractivity contribution in [1.29, 1.82) is 0 Å². The minimum atomic E-state index is -3.31. The van der Waals surface area contributed by atoms with E-state index < -0.39 is 21.9 Å². The molecule has 8 heteroatoms. The van der Waals surface area contributed by atoms with Crippen LogP contribution in [0.4, 0.5) is 4.39 Å². The minimum absolute atomic E-state index is 0.192. The zero-order valence-electron chi connectivity index (χ0n) is 13.9. The number of halogens is 1. The Bertz CT molecular complexity index is 680. The molecule has 1 fully saturated rings. The van der Waals surface area contributed by atoms with Crippen LogP contribution in [-0.2, 0) is 14.8 Å². The van der Waals surface area contributed by atoms with Gasteiger partial charge in [0.1, 0.15) is 11.6 Å². The summed E-state index contributed by atoms with van der Waals surface area (Å²) >= 11 is 0. The molecule has 24 heavy (non-hydrogen) atoms. The summed E-state index contributed by atoms with van der Waals surface area (Å²) in [7, 11) is -3.31. The van der Waals surface area contributed by atoms with Crippen molar-refractivity contribution < 1.29 is 22.3 Å². The molecule has 1 aliphatic heterocycles. The van der Waals surface area contributed by atoms with Gasteiger partial charge < -0.3 is 9.64 Å². The monoisotopic (exact) mass is 358 g/mol. The molecule has 1 aliphatic rings. The van der Waals surface area contributed by atoms with Gasteiger partial charge in [-0.1, -0.05) is 6.07 Å². The largest absolute Gasteiger partial charge is 0.481 e. The topological polar surface area (TPSA) is 75.7 Å². The van der Waals surface area contributed by atoms with Crippen LogP contribution in [0.3, 0.4) is 0 Å². The highest BCUT2D eigenvalue weighted by Crippen LogP contribution is 2.20. The molecule has 2 rings (SSSR count). The molecule has 0 aliphatic carbocycles. The minimum Gasteiger partial charge on any atom is -0.481 e. The van der Waals surface area contributed by atoms with Crippen molar-refractivity contribution in [3.05, 3.63) is 30.1 Å². The molecular weight excluding hydrogens is 335 g/mol. The number of amides is 1. The molecule has 1 saturated heterocycles. The molecule has 134 valence electrons. The number of rotatable bonds is 6. The van der Waals surface area contributed by atoms with E-state index in [1.165, 1.54) is 18.2 Å². The molecule has 0 spiro atoms. The number of piperidine rings is 1. The van der Waals surface area contributed by atoms with E-state index in [4.69, 9.17) is 4.74 Å². The lowest BCUT2D eigenvalue weighted by Gasteiger charge is -2.37. The van der Waals surface area contributed by atoms with Crippen molar-refractivity contribution in [1.82, 2.24) is 9.62 Å². The number of hydrogen-bond donors (Lipinski definition) is 1. The second-order valence-corrected chi connectivity index (χ2v) is 7.85. The Balaban J connectivity index is 2.01. The fraction of sp³-hybridized carbons (Fsp3) is 0.562. The average Bonchev–Trinajstić information content (AvgIpc) is 2.52. The van der Waals surface area contributed by atoms with E-state index in [9.17, 15) is 17.6 Å². The normalized spacial score (nSPS) is 19.8. The van der Waals surface area contributed by atoms with Crippen LogP contribution >= 0.6 is 0 Å². The van der Waals surface area contributed by atoms with Gasteiger partial charge in [0.15, 0.2) is 6.10 Å². The zero-order chi connectivity index (χ0) is 17.7. The fourth-order valence-corrected chi connectivity index (χ4v) is 3.27. The highest BCUT2D eigenvalue weighted by molar-refractivity contribution is 7.88. The summed E-state index contributed by atoms with van der Waals surface area (Å²) in [6.45, 7) is 2.37. The van der Waals surface area contributed by atoms with Crippen LogP contribution < -0.4 is 9.46 Å². The van der Waals surface area contributed by atoms with Crippen LogP contribution in [0.5, 0.6) is 5.75 Å². The van der Waals surface area contributed by atoms with Crippen molar-refractivity contribution in [3.63, 3.8) is 0 Å². The van der Waals surface area contributed by atoms with E-state index in [-0.39, 0.29) is 18.5 Å². The molecule has 0 saturated carbocycles. The first-order chi connectivity index (χ1) is 11.3. The molecule has 1 amide bonds. The van der Waals surface area contributed by atoms with Gasteiger partial charge in [-0.25, -0.2) is 17.5 Å². The molecular formula is C16H23FN2O4S. The first-order valence-corrected chi connectivity index (χ1v) is 9.83. The van der Waals surface area contributed by atoms with Gasteiger partial charge in [-0.2, -0.15) is 0 Å². The van der Waals surface area contributed by atoms with Gasteiger partial charge in [0.25, 0.3) is 5.91 Å². The van der Waals surface area contributed by atoms with Gasteiger partial charge in [-0.3, -0.25) is 4.79 Å². The fourth-order valence-electron chi connectivity index (χ4n) is 2.78. The Morgan fingerprint density at radius 1 is 1.46 bits per heavy atom. The number of nitrogens with zero attached hydrogens (tertiary/aromatic N) is 1. The number of nitrogens with one attached hydrogen (secondary N) is 1. The van der Waals surface area contributed by atoms with Crippen LogP contribution in [0, 0.1) is 5.82 Å². The number of likely N-dealkylation sites (tertiary alicyclic amines) is 1. The maximum atomic E-state index is 13.2. The van der Waals surface area contributed by atoms with E-state index in [0.29, 0.717) is 12.3 Å². The van der Waals surface area contributed by atoms with Crippen molar-refractivity contribution in [2.45, 2.75) is 38.3 Å². The second kappa shape index (κ2) is 7.94. The van der Waals surface area contributed by atoms with Gasteiger partial charge in [0.2, 0.25) is 10.0 Å². The van der Waals surface area contributed by atoms with Crippen LogP contribution in [0.25, 0.3) is 0 Å². The lowest BCUT2D eigenvalue weighted by molar-refractivity contribution is -0.141. The van der Waals surface area contributed by atoms with Crippen LogP contribution in [0.1, 0.15) is 26.2 Å². The van der Waals surface area contributed by atoms with Crippen molar-refractivity contribution in [2.24, 2.45) is 0 Å². The zero-order valence-corrected chi connectivity index (χ0v) is 14.7. The molecule has 2 atom stereocenters. The predicted octanol–water partition coefficient (Wildman–Crippen LogP) is 1.52. The Labute approximate surface area is 142 Å². The molecule has 0 radical (unpaired) electrons. The van der Waals surface area contributed by atoms with Crippen molar-refractivity contribution in [2.75, 3.05) is 19.3 Å². The van der Waals surface area contributed by atoms with E-state index in [2.05, 4.69) is 4.72 Å². The summed E-state index contributed by atoms with van der Waals surface area (Å²) in [6.07, 6.45) is 2.87. The number of carbonyl (C=O) groups excluding carboxylic acids is 1. The molecule has 0 bridgehead atoms. The third kappa shape index (κ3) is 5.45. The van der Waals surface area contributed by atoms with Gasteiger partial charge >= 0.3 is 0 Å². The summed E-state index contributed by atoms with van der Waals surface area (Å²) in [4.78, 5) is 14.3. The van der Waals surface area contributed by atoms with E-state index in [0.717, 1.165) is 25.5 Å². The van der Waals surface area contributed by atoms with Crippen LogP contribution in [-0.4, -0.2) is 50.7 Å². The third-order valence-electron chi connectivity index (χ3n) is 3.95. The summed E-state index contributed by atoms with van der Waals surface area (Å²) < 4.78 is 43.8. The first kappa shape index (κ1) is 18.7. The molecule has 0 aromatic heterocycles. The van der Waals surface area contributed by atoms with Gasteiger partial charge in [0.05, 0.1) is 6.26 Å². The van der Waals surface area contributed by atoms with E-state index >= 15 is 0 Å². The molecule has 1 aromatic carbocycles. The quantitative estimate of drug-likeness (QED) is 0.837. The highest BCUT2D eigenvalue weighted by Gasteiger charge is 2.31. The maximum absolute atomic E-state index is 13.2. The smallest absolute Gasteiger partial charge is 0.263 e. The Morgan fingerprint density at radius 3 is 2.88 bits per heavy atom. The Kier molecular flexibility index (Phi) is 6.17. The third-order valence-corrected chi connectivity index (χ3v) is 4.64. The first-order valence-electron chi connectivity index (χ1n) is 7.93. The number of hydrogen-bond acceptors (Lipinski definition) is 4. The van der Waals surface area contributed by atoms with Crippen molar-refractivity contribution >= 4 is 15.9 Å². The van der Waals surface area contributed by atoms with Crippen LogP contribution in [0.2, 0.25) is 0 Å². The average molecular weight is 358 g/mol. The molecule has 0 unspecified atom stereocenters. The summed E-state index contributed by atoms with van der Waals surface area (Å²) in [5, 5.41) is 0. The van der Waals surface area contributed by atoms with Gasteiger partial charge in [0, 0.05) is 25.2 Å². The number of sulfonamides is 1. The summed E-state index contributed by atoms with van der Waals surface area (Å²) in [5.74, 6) is -0.363. The number of benzene rings is 1. The molecule has 6 nitrogen and oxygen atoms in total. The Hall–Kier alpha value is -1.67. The summed E-state index contributed by atoms with van der Waals surface area (Å²) in [5.41, 5.74) is 0. The lowest BCUT2D eigenvalue weighted by Crippen LogP contribution is -2.52. The van der Waals surface area contributed by atoms with Crippen LogP contribution in [0.15, 0.2) is 24.3 Å².